The lowest BCUT2D eigenvalue weighted by Crippen LogP contribution is -1.95. The fraction of sp³-hybridized carbons (Fsp3) is 0.0769. The molecule has 0 atom stereocenters. The van der Waals surface area contributed by atoms with E-state index in [0.717, 1.165) is 11.1 Å². The number of fused-ring (bicyclic) bond motifs is 1. The molecule has 2 heterocycles. The summed E-state index contributed by atoms with van der Waals surface area (Å²) < 4.78 is 13.6. The van der Waals surface area contributed by atoms with Crippen molar-refractivity contribution in [3.8, 4) is 0 Å². The fourth-order valence-corrected chi connectivity index (χ4v) is 1.80. The largest absolute Gasteiger partial charge is 0.335 e. The van der Waals surface area contributed by atoms with Crippen molar-refractivity contribution in [2.75, 3.05) is 5.32 Å². The summed E-state index contributed by atoms with van der Waals surface area (Å²) in [5.41, 5.74) is 2.88. The third-order valence-corrected chi connectivity index (χ3v) is 2.70. The van der Waals surface area contributed by atoms with Crippen LogP contribution in [-0.2, 0) is 0 Å². The normalized spacial score (nSPS) is 10.8. The molecule has 0 saturated heterocycles. The lowest BCUT2D eigenvalue weighted by atomic mass is 10.2. The van der Waals surface area contributed by atoms with Gasteiger partial charge in [-0.2, -0.15) is 5.10 Å². The van der Waals surface area contributed by atoms with Crippen molar-refractivity contribution in [1.82, 2.24) is 15.2 Å². The van der Waals surface area contributed by atoms with E-state index < -0.39 is 0 Å². The van der Waals surface area contributed by atoms with Gasteiger partial charge in [-0.3, -0.25) is 10.1 Å². The molecular formula is C13H11FN4. The molecule has 2 N–H and O–H groups in total. The molecule has 1 aromatic carbocycles. The molecule has 0 saturated carbocycles. The van der Waals surface area contributed by atoms with Crippen LogP contribution in [0, 0.1) is 12.7 Å². The molecule has 0 bridgehead atoms. The summed E-state index contributed by atoms with van der Waals surface area (Å²) >= 11 is 0. The summed E-state index contributed by atoms with van der Waals surface area (Å²) in [5.74, 6) is 0.211. The maximum atomic E-state index is 13.6. The van der Waals surface area contributed by atoms with Crippen LogP contribution in [0.1, 0.15) is 5.56 Å². The van der Waals surface area contributed by atoms with Gasteiger partial charge >= 0.3 is 0 Å². The maximum Gasteiger partial charge on any atom is 0.178 e. The molecule has 4 nitrogen and oxygen atoms in total. The highest BCUT2D eigenvalue weighted by atomic mass is 19.1. The van der Waals surface area contributed by atoms with Crippen LogP contribution in [0.3, 0.4) is 0 Å². The Bertz CT molecular complexity index is 705. The number of benzene rings is 1. The zero-order valence-corrected chi connectivity index (χ0v) is 9.74. The van der Waals surface area contributed by atoms with E-state index in [2.05, 4.69) is 20.5 Å². The van der Waals surface area contributed by atoms with Crippen molar-refractivity contribution in [2.45, 2.75) is 6.92 Å². The molecule has 0 radical (unpaired) electrons. The Kier molecular flexibility index (Phi) is 2.44. The summed E-state index contributed by atoms with van der Waals surface area (Å²) in [5, 5.41) is 9.90. The minimum absolute atomic E-state index is 0.312. The number of aryl methyl sites for hydroxylation is 1. The van der Waals surface area contributed by atoms with Gasteiger partial charge in [0.25, 0.3) is 0 Å². The maximum absolute atomic E-state index is 13.6. The molecule has 0 spiro atoms. The van der Waals surface area contributed by atoms with Crippen molar-refractivity contribution < 1.29 is 4.39 Å². The quantitative estimate of drug-likeness (QED) is 0.725. The van der Waals surface area contributed by atoms with Crippen LogP contribution in [0.15, 0.2) is 36.5 Å². The van der Waals surface area contributed by atoms with E-state index in [1.54, 1.807) is 18.3 Å². The average Bonchev–Trinajstić information content (AvgIpc) is 2.78. The lowest BCUT2D eigenvalue weighted by molar-refractivity contribution is 0.631. The van der Waals surface area contributed by atoms with Gasteiger partial charge < -0.3 is 5.32 Å². The van der Waals surface area contributed by atoms with Crippen LogP contribution in [-0.4, -0.2) is 15.2 Å². The second-order valence-electron chi connectivity index (χ2n) is 4.08. The SMILES string of the molecule is Cc1ccc(F)c(Nc2n[nH]c3cccnc23)c1. The summed E-state index contributed by atoms with van der Waals surface area (Å²) in [6, 6.07) is 8.57. The van der Waals surface area contributed by atoms with Gasteiger partial charge in [0.1, 0.15) is 11.3 Å². The minimum Gasteiger partial charge on any atom is -0.335 e. The monoisotopic (exact) mass is 242 g/mol. The van der Waals surface area contributed by atoms with E-state index in [1.807, 2.05) is 19.1 Å². The van der Waals surface area contributed by atoms with Crippen molar-refractivity contribution in [3.05, 3.63) is 47.9 Å². The average molecular weight is 242 g/mol. The molecule has 0 aliphatic heterocycles. The first-order valence-corrected chi connectivity index (χ1v) is 5.56. The van der Waals surface area contributed by atoms with E-state index in [0.29, 0.717) is 17.0 Å². The molecule has 3 aromatic rings. The molecule has 0 aliphatic rings. The number of nitrogens with zero attached hydrogens (tertiary/aromatic N) is 2. The number of hydrogen-bond acceptors (Lipinski definition) is 3. The van der Waals surface area contributed by atoms with Gasteiger partial charge in [0.2, 0.25) is 0 Å². The van der Waals surface area contributed by atoms with Crippen molar-refractivity contribution in [2.24, 2.45) is 0 Å². The number of anilines is 2. The Morgan fingerprint density at radius 3 is 3.06 bits per heavy atom. The standard InChI is InChI=1S/C13H11FN4/c1-8-4-5-9(14)11(7-8)16-13-12-10(17-18-13)3-2-6-15-12/h2-7H,1H3,(H2,16,17,18). The zero-order chi connectivity index (χ0) is 12.5. The smallest absolute Gasteiger partial charge is 0.178 e. The van der Waals surface area contributed by atoms with Crippen LogP contribution in [0.2, 0.25) is 0 Å². The summed E-state index contributed by atoms with van der Waals surface area (Å²) in [7, 11) is 0. The van der Waals surface area contributed by atoms with Crippen LogP contribution in [0.25, 0.3) is 11.0 Å². The second kappa shape index (κ2) is 4.10. The number of H-pyrrole nitrogens is 1. The number of aromatic nitrogens is 3. The van der Waals surface area contributed by atoms with Gasteiger partial charge in [-0.15, -0.1) is 0 Å². The third kappa shape index (κ3) is 1.79. The van der Waals surface area contributed by atoms with E-state index >= 15 is 0 Å². The van der Waals surface area contributed by atoms with Gasteiger partial charge in [-0.25, -0.2) is 4.39 Å². The Morgan fingerprint density at radius 1 is 1.28 bits per heavy atom. The number of rotatable bonds is 2. The second-order valence-corrected chi connectivity index (χ2v) is 4.08. The van der Waals surface area contributed by atoms with Gasteiger partial charge in [-0.05, 0) is 36.8 Å². The Balaban J connectivity index is 2.04. The molecule has 0 fully saturated rings. The molecule has 90 valence electrons. The number of nitrogens with one attached hydrogen (secondary N) is 2. The van der Waals surface area contributed by atoms with E-state index in [9.17, 15) is 4.39 Å². The molecule has 0 amide bonds. The summed E-state index contributed by atoms with van der Waals surface area (Å²) in [6.07, 6.45) is 1.68. The third-order valence-electron chi connectivity index (χ3n) is 2.70. The molecule has 18 heavy (non-hydrogen) atoms. The predicted molar refractivity (Wildman–Crippen MR) is 68.3 cm³/mol. The molecule has 2 aromatic heterocycles. The summed E-state index contributed by atoms with van der Waals surface area (Å²) in [6.45, 7) is 1.91. The van der Waals surface area contributed by atoms with Gasteiger partial charge in [-0.1, -0.05) is 6.07 Å². The zero-order valence-electron chi connectivity index (χ0n) is 9.74. The molecule has 3 rings (SSSR count). The lowest BCUT2D eigenvalue weighted by Gasteiger charge is -2.05. The first-order chi connectivity index (χ1) is 8.74. The van der Waals surface area contributed by atoms with Crippen molar-refractivity contribution >= 4 is 22.5 Å². The summed E-state index contributed by atoms with van der Waals surface area (Å²) in [4.78, 5) is 4.21. The van der Waals surface area contributed by atoms with E-state index in [-0.39, 0.29) is 5.82 Å². The number of pyridine rings is 1. The molecule has 5 heteroatoms. The highest BCUT2D eigenvalue weighted by Crippen LogP contribution is 2.24. The highest BCUT2D eigenvalue weighted by molar-refractivity contribution is 5.87. The minimum atomic E-state index is -0.312. The number of halogens is 1. The van der Waals surface area contributed by atoms with Crippen molar-refractivity contribution in [1.29, 1.82) is 0 Å². The Hall–Kier alpha value is -2.43. The first-order valence-electron chi connectivity index (χ1n) is 5.56. The van der Waals surface area contributed by atoms with Gasteiger partial charge in [0, 0.05) is 6.20 Å². The van der Waals surface area contributed by atoms with Crippen LogP contribution in [0.4, 0.5) is 15.9 Å². The van der Waals surface area contributed by atoms with Crippen LogP contribution >= 0.6 is 0 Å². The highest BCUT2D eigenvalue weighted by Gasteiger charge is 2.09. The molecule has 0 unspecified atom stereocenters. The molecular weight excluding hydrogens is 231 g/mol. The van der Waals surface area contributed by atoms with Crippen LogP contribution in [0.5, 0.6) is 0 Å². The predicted octanol–water partition coefficient (Wildman–Crippen LogP) is 3.15. The van der Waals surface area contributed by atoms with E-state index in [4.69, 9.17) is 0 Å². The molecule has 0 aliphatic carbocycles. The fourth-order valence-electron chi connectivity index (χ4n) is 1.80. The van der Waals surface area contributed by atoms with Crippen LogP contribution < -0.4 is 5.32 Å². The van der Waals surface area contributed by atoms with Crippen molar-refractivity contribution in [3.63, 3.8) is 0 Å². The Labute approximate surface area is 103 Å². The van der Waals surface area contributed by atoms with Gasteiger partial charge in [0.05, 0.1) is 11.2 Å². The van der Waals surface area contributed by atoms with E-state index in [1.165, 1.54) is 6.07 Å². The number of hydrogen-bond donors (Lipinski definition) is 2. The topological polar surface area (TPSA) is 53.6 Å². The number of aromatic amines is 1. The van der Waals surface area contributed by atoms with Gasteiger partial charge in [0.15, 0.2) is 5.82 Å². The first kappa shape index (κ1) is 10.7. The Morgan fingerprint density at radius 2 is 2.17 bits per heavy atom.